The zero-order chi connectivity index (χ0) is 14.0. The molecular weight excluding hydrogens is 252 g/mol. The number of ether oxygens (including phenoxy) is 1. The standard InChI is InChI=1S/C16H26N2O2/c1-2-9-18-11-5-8-16(18)7-4-10-17(13-16)15(19)14-6-3-12-20-14/h2,14H,1,3-13H2/t14-,16-/m0/s1. The van der Waals surface area contributed by atoms with Crippen molar-refractivity contribution in [3.05, 3.63) is 12.7 Å². The van der Waals surface area contributed by atoms with Crippen LogP contribution in [-0.2, 0) is 9.53 Å². The van der Waals surface area contributed by atoms with E-state index in [0.717, 1.165) is 52.0 Å². The molecule has 0 N–H and O–H groups in total. The van der Waals surface area contributed by atoms with Crippen LogP contribution in [0.2, 0.25) is 0 Å². The second-order valence-corrected chi connectivity index (χ2v) is 6.43. The molecule has 0 bridgehead atoms. The summed E-state index contributed by atoms with van der Waals surface area (Å²) in [5, 5.41) is 0. The van der Waals surface area contributed by atoms with E-state index < -0.39 is 0 Å². The normalized spacial score (nSPS) is 34.8. The summed E-state index contributed by atoms with van der Waals surface area (Å²) in [6.45, 7) is 8.51. The lowest BCUT2D eigenvalue weighted by molar-refractivity contribution is -0.144. The van der Waals surface area contributed by atoms with Crippen molar-refractivity contribution >= 4 is 5.91 Å². The van der Waals surface area contributed by atoms with Crippen LogP contribution in [0.15, 0.2) is 12.7 Å². The number of likely N-dealkylation sites (tertiary alicyclic amines) is 2. The van der Waals surface area contributed by atoms with Crippen LogP contribution in [0.25, 0.3) is 0 Å². The number of nitrogens with zero attached hydrogens (tertiary/aromatic N) is 2. The Morgan fingerprint density at radius 2 is 2.10 bits per heavy atom. The van der Waals surface area contributed by atoms with E-state index in [0.29, 0.717) is 0 Å². The molecule has 0 aromatic carbocycles. The molecular formula is C16H26N2O2. The van der Waals surface area contributed by atoms with Crippen molar-refractivity contribution in [2.24, 2.45) is 0 Å². The predicted octanol–water partition coefficient (Wildman–Crippen LogP) is 1.81. The van der Waals surface area contributed by atoms with Gasteiger partial charge in [0.1, 0.15) is 6.10 Å². The fourth-order valence-electron chi connectivity index (χ4n) is 4.17. The molecule has 3 fully saturated rings. The van der Waals surface area contributed by atoms with Gasteiger partial charge >= 0.3 is 0 Å². The molecule has 0 unspecified atom stereocenters. The first kappa shape index (κ1) is 14.1. The Morgan fingerprint density at radius 3 is 2.80 bits per heavy atom. The van der Waals surface area contributed by atoms with Crippen molar-refractivity contribution in [1.29, 1.82) is 0 Å². The number of carbonyl (C=O) groups excluding carboxylic acids is 1. The topological polar surface area (TPSA) is 32.8 Å². The largest absolute Gasteiger partial charge is 0.368 e. The maximum absolute atomic E-state index is 12.6. The Hall–Kier alpha value is -0.870. The Balaban J connectivity index is 1.69. The van der Waals surface area contributed by atoms with Crippen LogP contribution in [-0.4, -0.2) is 60.1 Å². The Morgan fingerprint density at radius 1 is 1.30 bits per heavy atom. The summed E-state index contributed by atoms with van der Waals surface area (Å²) in [6.07, 6.45) is 8.55. The van der Waals surface area contributed by atoms with Crippen molar-refractivity contribution in [3.8, 4) is 0 Å². The molecule has 3 aliphatic heterocycles. The lowest BCUT2D eigenvalue weighted by atomic mass is 9.86. The Bertz CT molecular complexity index is 379. The minimum Gasteiger partial charge on any atom is -0.368 e. The van der Waals surface area contributed by atoms with Crippen molar-refractivity contribution < 1.29 is 9.53 Å². The smallest absolute Gasteiger partial charge is 0.251 e. The van der Waals surface area contributed by atoms with E-state index in [2.05, 4.69) is 16.4 Å². The second-order valence-electron chi connectivity index (χ2n) is 6.43. The van der Waals surface area contributed by atoms with E-state index in [9.17, 15) is 4.79 Å². The summed E-state index contributed by atoms with van der Waals surface area (Å²) in [6, 6.07) is 0. The number of carbonyl (C=O) groups is 1. The van der Waals surface area contributed by atoms with Crippen LogP contribution < -0.4 is 0 Å². The van der Waals surface area contributed by atoms with Crippen LogP contribution in [0.4, 0.5) is 0 Å². The summed E-state index contributed by atoms with van der Waals surface area (Å²) >= 11 is 0. The van der Waals surface area contributed by atoms with E-state index >= 15 is 0 Å². The van der Waals surface area contributed by atoms with Gasteiger partial charge in [-0.25, -0.2) is 0 Å². The fourth-order valence-corrected chi connectivity index (χ4v) is 4.17. The minimum atomic E-state index is -0.167. The van der Waals surface area contributed by atoms with Gasteiger partial charge in [0.05, 0.1) is 0 Å². The molecule has 3 saturated heterocycles. The van der Waals surface area contributed by atoms with Crippen LogP contribution in [0.1, 0.15) is 38.5 Å². The van der Waals surface area contributed by atoms with Gasteiger partial charge in [0.15, 0.2) is 0 Å². The minimum absolute atomic E-state index is 0.167. The molecule has 0 aromatic rings. The quantitative estimate of drug-likeness (QED) is 0.738. The zero-order valence-electron chi connectivity index (χ0n) is 12.4. The fraction of sp³-hybridized carbons (Fsp3) is 0.812. The monoisotopic (exact) mass is 278 g/mol. The first-order valence-electron chi connectivity index (χ1n) is 8.01. The van der Waals surface area contributed by atoms with Gasteiger partial charge in [-0.3, -0.25) is 9.69 Å². The highest BCUT2D eigenvalue weighted by molar-refractivity contribution is 5.81. The average molecular weight is 278 g/mol. The lowest BCUT2D eigenvalue weighted by Crippen LogP contribution is -2.58. The SMILES string of the molecule is C=CCN1CCC[C@]12CCCN(C(=O)[C@@H]1CCCO1)C2. The van der Waals surface area contributed by atoms with E-state index in [1.165, 1.54) is 19.3 Å². The average Bonchev–Trinajstić information content (AvgIpc) is 3.10. The second kappa shape index (κ2) is 5.86. The molecule has 2 atom stereocenters. The van der Waals surface area contributed by atoms with Crippen molar-refractivity contribution in [2.45, 2.75) is 50.2 Å². The molecule has 0 saturated carbocycles. The van der Waals surface area contributed by atoms with E-state index in [1.54, 1.807) is 0 Å². The molecule has 3 heterocycles. The predicted molar refractivity (Wildman–Crippen MR) is 78.5 cm³/mol. The first-order chi connectivity index (χ1) is 9.75. The molecule has 0 aliphatic carbocycles. The molecule has 112 valence electrons. The molecule has 0 radical (unpaired) electrons. The van der Waals surface area contributed by atoms with Crippen LogP contribution in [0.3, 0.4) is 0 Å². The van der Waals surface area contributed by atoms with E-state index in [4.69, 9.17) is 4.74 Å². The lowest BCUT2D eigenvalue weighted by Gasteiger charge is -2.46. The van der Waals surface area contributed by atoms with Crippen molar-refractivity contribution in [1.82, 2.24) is 9.80 Å². The van der Waals surface area contributed by atoms with Gasteiger partial charge in [-0.1, -0.05) is 6.08 Å². The summed E-state index contributed by atoms with van der Waals surface area (Å²) < 4.78 is 5.57. The molecule has 1 spiro atoms. The third-order valence-corrected chi connectivity index (χ3v) is 5.16. The zero-order valence-corrected chi connectivity index (χ0v) is 12.4. The molecule has 20 heavy (non-hydrogen) atoms. The maximum Gasteiger partial charge on any atom is 0.251 e. The van der Waals surface area contributed by atoms with Gasteiger partial charge in [0.25, 0.3) is 5.91 Å². The summed E-state index contributed by atoms with van der Waals surface area (Å²) in [4.78, 5) is 17.2. The van der Waals surface area contributed by atoms with Gasteiger partial charge in [-0.2, -0.15) is 0 Å². The molecule has 4 nitrogen and oxygen atoms in total. The Labute approximate surface area is 121 Å². The molecule has 3 aliphatic rings. The van der Waals surface area contributed by atoms with Gasteiger partial charge in [-0.15, -0.1) is 6.58 Å². The van der Waals surface area contributed by atoms with Crippen LogP contribution in [0, 0.1) is 0 Å². The first-order valence-corrected chi connectivity index (χ1v) is 8.01. The van der Waals surface area contributed by atoms with Crippen LogP contribution >= 0.6 is 0 Å². The third kappa shape index (κ3) is 2.51. The molecule has 1 amide bonds. The van der Waals surface area contributed by atoms with Gasteiger partial charge in [0, 0.05) is 31.8 Å². The van der Waals surface area contributed by atoms with Gasteiger partial charge < -0.3 is 9.64 Å². The molecule has 0 aromatic heterocycles. The van der Waals surface area contributed by atoms with Gasteiger partial charge in [0.2, 0.25) is 0 Å². The van der Waals surface area contributed by atoms with Crippen molar-refractivity contribution in [2.75, 3.05) is 32.8 Å². The number of amides is 1. The molecule has 4 heteroatoms. The number of rotatable bonds is 3. The number of hydrogen-bond donors (Lipinski definition) is 0. The molecule has 3 rings (SSSR count). The van der Waals surface area contributed by atoms with Gasteiger partial charge in [-0.05, 0) is 45.1 Å². The summed E-state index contributed by atoms with van der Waals surface area (Å²) in [5.41, 5.74) is 0.209. The van der Waals surface area contributed by atoms with E-state index in [1.807, 2.05) is 6.08 Å². The summed E-state index contributed by atoms with van der Waals surface area (Å²) in [5.74, 6) is 0.229. The van der Waals surface area contributed by atoms with E-state index in [-0.39, 0.29) is 17.6 Å². The Kier molecular flexibility index (Phi) is 4.13. The third-order valence-electron chi connectivity index (χ3n) is 5.16. The number of piperidine rings is 1. The maximum atomic E-state index is 12.6. The highest BCUT2D eigenvalue weighted by Crippen LogP contribution is 2.37. The van der Waals surface area contributed by atoms with Crippen LogP contribution in [0.5, 0.6) is 0 Å². The summed E-state index contributed by atoms with van der Waals surface area (Å²) in [7, 11) is 0. The number of hydrogen-bond acceptors (Lipinski definition) is 3. The highest BCUT2D eigenvalue weighted by atomic mass is 16.5. The van der Waals surface area contributed by atoms with Crippen molar-refractivity contribution in [3.63, 3.8) is 0 Å². The highest BCUT2D eigenvalue weighted by Gasteiger charge is 2.45.